The molecule has 29 heavy (non-hydrogen) atoms. The molecule has 2 aromatic rings. The van der Waals surface area contributed by atoms with Crippen LogP contribution in [0.1, 0.15) is 40.2 Å². The topological polar surface area (TPSA) is 82.5 Å². The van der Waals surface area contributed by atoms with Gasteiger partial charge in [-0.25, -0.2) is 4.79 Å². The molecule has 1 aromatic heterocycles. The number of aromatic nitrogens is 2. The summed E-state index contributed by atoms with van der Waals surface area (Å²) < 4.78 is 12.0. The lowest BCUT2D eigenvalue weighted by molar-refractivity contribution is -0.126. The first-order valence-corrected chi connectivity index (χ1v) is 10.1. The summed E-state index contributed by atoms with van der Waals surface area (Å²) in [7, 11) is 2.93. The number of fused-ring (bicyclic) bond motifs is 1. The van der Waals surface area contributed by atoms with Crippen molar-refractivity contribution in [1.29, 1.82) is 0 Å². The minimum absolute atomic E-state index is 0.149. The summed E-state index contributed by atoms with van der Waals surface area (Å²) in [5.41, 5.74) is 2.92. The highest BCUT2D eigenvalue weighted by Gasteiger charge is 2.27. The van der Waals surface area contributed by atoms with Gasteiger partial charge in [0.25, 0.3) is 0 Å². The zero-order valence-corrected chi connectivity index (χ0v) is 17.5. The number of hydrogen-bond donors (Lipinski definition) is 1. The largest absolute Gasteiger partial charge is 0.465 e. The van der Waals surface area contributed by atoms with E-state index >= 15 is 0 Å². The first kappa shape index (κ1) is 21.3. The molecule has 1 unspecified atom stereocenters. The van der Waals surface area contributed by atoms with Gasteiger partial charge in [0.1, 0.15) is 5.56 Å². The molecular weight excluding hydrogens is 394 g/mol. The number of hydrogen-bond acceptors (Lipinski definition) is 5. The van der Waals surface area contributed by atoms with Crippen LogP contribution in [-0.2, 0) is 40.2 Å². The quantitative estimate of drug-likeness (QED) is 0.665. The zero-order valence-electron chi connectivity index (χ0n) is 16.7. The molecule has 156 valence electrons. The van der Waals surface area contributed by atoms with E-state index in [1.807, 2.05) is 16.8 Å². The molecule has 1 amide bonds. The Morgan fingerprint density at radius 3 is 2.69 bits per heavy atom. The van der Waals surface area contributed by atoms with E-state index in [1.54, 1.807) is 19.2 Å². The van der Waals surface area contributed by atoms with Crippen LogP contribution in [0.4, 0.5) is 0 Å². The van der Waals surface area contributed by atoms with Crippen molar-refractivity contribution >= 4 is 23.5 Å². The van der Waals surface area contributed by atoms with E-state index in [-0.39, 0.29) is 25.0 Å². The molecule has 1 aliphatic rings. The van der Waals surface area contributed by atoms with E-state index in [1.165, 1.54) is 7.11 Å². The molecule has 0 bridgehead atoms. The average Bonchev–Trinajstić information content (AvgIpc) is 3.11. The van der Waals surface area contributed by atoms with Gasteiger partial charge in [0.05, 0.1) is 37.6 Å². The third-order valence-corrected chi connectivity index (χ3v) is 5.37. The van der Waals surface area contributed by atoms with Gasteiger partial charge in [-0.1, -0.05) is 23.7 Å². The maximum absolute atomic E-state index is 12.8. The summed E-state index contributed by atoms with van der Waals surface area (Å²) in [5, 5.41) is 8.11. The van der Waals surface area contributed by atoms with Crippen molar-refractivity contribution < 1.29 is 19.1 Å². The number of ether oxygens (including phenoxy) is 2. The lowest BCUT2D eigenvalue weighted by Gasteiger charge is -2.16. The molecule has 1 atom stereocenters. The fourth-order valence-corrected chi connectivity index (χ4v) is 3.78. The monoisotopic (exact) mass is 419 g/mol. The third kappa shape index (κ3) is 5.16. The summed E-state index contributed by atoms with van der Waals surface area (Å²) in [4.78, 5) is 25.1. The summed E-state index contributed by atoms with van der Waals surface area (Å²) >= 11 is 5.93. The zero-order chi connectivity index (χ0) is 20.8. The lowest BCUT2D eigenvalue weighted by atomic mass is 9.99. The Bertz CT molecular complexity index is 864. The maximum Gasteiger partial charge on any atom is 0.341 e. The lowest BCUT2D eigenvalue weighted by Crippen LogP contribution is -2.34. The van der Waals surface area contributed by atoms with Crippen molar-refractivity contribution in [2.24, 2.45) is 5.92 Å². The highest BCUT2D eigenvalue weighted by molar-refractivity contribution is 6.30. The molecule has 0 radical (unpaired) electrons. The van der Waals surface area contributed by atoms with Crippen LogP contribution in [0.25, 0.3) is 0 Å². The van der Waals surface area contributed by atoms with Gasteiger partial charge in [-0.2, -0.15) is 5.10 Å². The van der Waals surface area contributed by atoms with Crippen molar-refractivity contribution in [1.82, 2.24) is 15.1 Å². The fourth-order valence-electron chi connectivity index (χ4n) is 3.65. The molecular formula is C21H26ClN3O4. The van der Waals surface area contributed by atoms with Gasteiger partial charge in [-0.05, 0) is 43.4 Å². The number of carbonyl (C=O) groups excluding carboxylic acids is 2. The predicted molar refractivity (Wildman–Crippen MR) is 109 cm³/mol. The summed E-state index contributed by atoms with van der Waals surface area (Å²) in [6.07, 6.45) is 3.35. The van der Waals surface area contributed by atoms with Crippen molar-refractivity contribution in [3.05, 3.63) is 51.8 Å². The van der Waals surface area contributed by atoms with Gasteiger partial charge < -0.3 is 14.8 Å². The molecule has 0 spiro atoms. The van der Waals surface area contributed by atoms with Gasteiger partial charge >= 0.3 is 5.97 Å². The predicted octanol–water partition coefficient (Wildman–Crippen LogP) is 2.78. The molecule has 0 saturated carbocycles. The van der Waals surface area contributed by atoms with E-state index in [9.17, 15) is 9.59 Å². The van der Waals surface area contributed by atoms with E-state index in [0.29, 0.717) is 22.7 Å². The number of halogens is 1. The number of methoxy groups -OCH3 is 2. The van der Waals surface area contributed by atoms with Crippen molar-refractivity contribution in [2.75, 3.05) is 20.8 Å². The standard InChI is InChI=1S/C21H26ClN3O4/c1-28-13-15(11-14-6-8-16(22)9-7-14)20(26)23-12-17-19(21(27)29-2)18-5-3-4-10-25(18)24-17/h6-9,15H,3-5,10-13H2,1-2H3,(H,23,26). The minimum Gasteiger partial charge on any atom is -0.465 e. The Hall–Kier alpha value is -2.38. The van der Waals surface area contributed by atoms with Crippen LogP contribution >= 0.6 is 11.6 Å². The number of nitrogens with zero attached hydrogens (tertiary/aromatic N) is 2. The van der Waals surface area contributed by atoms with Crippen LogP contribution in [0.2, 0.25) is 5.02 Å². The van der Waals surface area contributed by atoms with Gasteiger partial charge in [-0.15, -0.1) is 0 Å². The first-order chi connectivity index (χ1) is 14.0. The first-order valence-electron chi connectivity index (χ1n) is 9.71. The second-order valence-corrected chi connectivity index (χ2v) is 7.58. The number of esters is 1. The number of rotatable bonds is 8. The molecule has 0 fully saturated rings. The number of benzene rings is 1. The Balaban J connectivity index is 1.71. The van der Waals surface area contributed by atoms with Crippen molar-refractivity contribution in [3.63, 3.8) is 0 Å². The van der Waals surface area contributed by atoms with E-state index < -0.39 is 5.97 Å². The molecule has 8 heteroatoms. The molecule has 0 aliphatic carbocycles. The van der Waals surface area contributed by atoms with Crippen LogP contribution in [-0.4, -0.2) is 42.5 Å². The number of aryl methyl sites for hydroxylation is 1. The molecule has 1 N–H and O–H groups in total. The van der Waals surface area contributed by atoms with Gasteiger partial charge in [0.2, 0.25) is 5.91 Å². The molecule has 1 aromatic carbocycles. The number of amides is 1. The number of carbonyl (C=O) groups is 2. The van der Waals surface area contributed by atoms with E-state index in [2.05, 4.69) is 10.4 Å². The number of nitrogens with one attached hydrogen (secondary N) is 1. The Morgan fingerprint density at radius 1 is 1.24 bits per heavy atom. The summed E-state index contributed by atoms with van der Waals surface area (Å²) in [6, 6.07) is 7.40. The van der Waals surface area contributed by atoms with Crippen LogP contribution < -0.4 is 5.32 Å². The van der Waals surface area contributed by atoms with E-state index in [4.69, 9.17) is 21.1 Å². The van der Waals surface area contributed by atoms with Crippen LogP contribution in [0.3, 0.4) is 0 Å². The van der Waals surface area contributed by atoms with Crippen molar-refractivity contribution in [2.45, 2.75) is 38.8 Å². The normalized spacial score (nSPS) is 14.2. The third-order valence-electron chi connectivity index (χ3n) is 5.12. The molecule has 0 saturated heterocycles. The summed E-state index contributed by atoms with van der Waals surface area (Å²) in [5.74, 6) is -0.921. The van der Waals surface area contributed by atoms with Gasteiger partial charge in [0, 0.05) is 18.7 Å². The Kier molecular flexibility index (Phi) is 7.28. The summed E-state index contributed by atoms with van der Waals surface area (Å²) in [6.45, 7) is 1.23. The highest BCUT2D eigenvalue weighted by atomic mass is 35.5. The molecule has 3 rings (SSSR count). The van der Waals surface area contributed by atoms with Gasteiger partial charge in [0.15, 0.2) is 0 Å². The average molecular weight is 420 g/mol. The molecule has 1 aliphatic heterocycles. The Morgan fingerprint density at radius 2 is 2.00 bits per heavy atom. The highest BCUT2D eigenvalue weighted by Crippen LogP contribution is 2.23. The van der Waals surface area contributed by atoms with Gasteiger partial charge in [-0.3, -0.25) is 9.48 Å². The fraction of sp³-hybridized carbons (Fsp3) is 0.476. The second kappa shape index (κ2) is 9.89. The van der Waals surface area contributed by atoms with Crippen LogP contribution in [0.5, 0.6) is 0 Å². The van der Waals surface area contributed by atoms with Crippen molar-refractivity contribution in [3.8, 4) is 0 Å². The van der Waals surface area contributed by atoms with Crippen LogP contribution in [0.15, 0.2) is 24.3 Å². The second-order valence-electron chi connectivity index (χ2n) is 7.14. The van der Waals surface area contributed by atoms with Crippen LogP contribution in [0, 0.1) is 5.92 Å². The molecule has 2 heterocycles. The SMILES string of the molecule is COCC(Cc1ccc(Cl)cc1)C(=O)NCc1nn2c(c1C(=O)OC)CCCC2. The maximum atomic E-state index is 12.8. The van der Waals surface area contributed by atoms with E-state index in [0.717, 1.165) is 37.1 Å². The smallest absolute Gasteiger partial charge is 0.341 e. The Labute approximate surface area is 175 Å². The minimum atomic E-state index is -0.410. The molecule has 7 nitrogen and oxygen atoms in total.